The third-order valence-electron chi connectivity index (χ3n) is 5.07. The van der Waals surface area contributed by atoms with Crippen molar-refractivity contribution in [1.29, 1.82) is 0 Å². The van der Waals surface area contributed by atoms with Gasteiger partial charge in [-0.2, -0.15) is 0 Å². The Labute approximate surface area is 167 Å². The molecule has 0 unspecified atom stereocenters. The van der Waals surface area contributed by atoms with E-state index in [0.29, 0.717) is 12.1 Å². The van der Waals surface area contributed by atoms with Crippen LogP contribution in [0.3, 0.4) is 0 Å². The Morgan fingerprint density at radius 2 is 1.89 bits per heavy atom. The summed E-state index contributed by atoms with van der Waals surface area (Å²) in [6, 6.07) is 11.9. The molecule has 0 radical (unpaired) electrons. The predicted molar refractivity (Wildman–Crippen MR) is 112 cm³/mol. The average Bonchev–Trinajstić information content (AvgIpc) is 3.15. The zero-order valence-electron chi connectivity index (χ0n) is 15.8. The maximum atomic E-state index is 12.9. The molecular weight excluding hydrogens is 375 g/mol. The minimum Gasteiger partial charge on any atom is -0.351 e. The van der Waals surface area contributed by atoms with Crippen molar-refractivity contribution in [1.82, 2.24) is 15.2 Å². The SMILES string of the molecule is Cc1cccc2sc(N3CCN(CCNC(=O)c4ccc(F)cc4)CC3)nc12. The third kappa shape index (κ3) is 4.15. The first-order valence-corrected chi connectivity index (χ1v) is 10.3. The van der Waals surface area contributed by atoms with E-state index in [-0.39, 0.29) is 11.7 Å². The fourth-order valence-electron chi connectivity index (χ4n) is 3.40. The fourth-order valence-corrected chi connectivity index (χ4v) is 4.50. The molecule has 1 aliphatic rings. The molecule has 146 valence electrons. The summed E-state index contributed by atoms with van der Waals surface area (Å²) in [5, 5.41) is 4.00. The first-order chi connectivity index (χ1) is 13.6. The topological polar surface area (TPSA) is 48.5 Å². The Hall–Kier alpha value is -2.51. The number of amides is 1. The summed E-state index contributed by atoms with van der Waals surface area (Å²) in [5.74, 6) is -0.499. The van der Waals surface area contributed by atoms with Gasteiger partial charge in [0.25, 0.3) is 5.91 Å². The third-order valence-corrected chi connectivity index (χ3v) is 6.15. The maximum absolute atomic E-state index is 12.9. The Kier molecular flexibility index (Phi) is 5.54. The molecule has 1 amide bonds. The molecule has 0 atom stereocenters. The number of aryl methyl sites for hydroxylation is 1. The lowest BCUT2D eigenvalue weighted by Crippen LogP contribution is -2.48. The number of hydrogen-bond donors (Lipinski definition) is 1. The van der Waals surface area contributed by atoms with Crippen LogP contribution in [0.2, 0.25) is 0 Å². The van der Waals surface area contributed by atoms with Crippen LogP contribution in [0.1, 0.15) is 15.9 Å². The van der Waals surface area contributed by atoms with Crippen LogP contribution >= 0.6 is 11.3 Å². The number of hydrogen-bond acceptors (Lipinski definition) is 5. The molecule has 1 aromatic heterocycles. The second kappa shape index (κ2) is 8.24. The molecule has 3 aromatic rings. The average molecular weight is 399 g/mol. The molecule has 0 aliphatic carbocycles. The standard InChI is InChI=1S/C21H23FN4OS/c1-15-3-2-4-18-19(15)24-21(28-18)26-13-11-25(12-14-26)10-9-23-20(27)16-5-7-17(22)8-6-16/h2-8H,9-14H2,1H3,(H,23,27). The number of fused-ring (bicyclic) bond motifs is 1. The summed E-state index contributed by atoms with van der Waals surface area (Å²) in [7, 11) is 0. The molecule has 1 fully saturated rings. The van der Waals surface area contributed by atoms with E-state index in [1.54, 1.807) is 11.3 Å². The summed E-state index contributed by atoms with van der Waals surface area (Å²) < 4.78 is 14.2. The molecule has 0 bridgehead atoms. The van der Waals surface area contributed by atoms with Crippen LogP contribution in [0.4, 0.5) is 9.52 Å². The molecule has 2 heterocycles. The molecule has 7 heteroatoms. The predicted octanol–water partition coefficient (Wildman–Crippen LogP) is 3.30. The number of carbonyl (C=O) groups excluding carboxylic acids is 1. The lowest BCUT2D eigenvalue weighted by atomic mass is 10.2. The van der Waals surface area contributed by atoms with Crippen LogP contribution in [0.5, 0.6) is 0 Å². The van der Waals surface area contributed by atoms with Crippen molar-refractivity contribution >= 4 is 32.6 Å². The Balaban J connectivity index is 1.25. The fraction of sp³-hybridized carbons (Fsp3) is 0.333. The quantitative estimate of drug-likeness (QED) is 0.717. The number of halogens is 1. The van der Waals surface area contributed by atoms with Gasteiger partial charge >= 0.3 is 0 Å². The summed E-state index contributed by atoms with van der Waals surface area (Å²) >= 11 is 1.75. The molecule has 5 nitrogen and oxygen atoms in total. The van der Waals surface area contributed by atoms with Crippen molar-refractivity contribution < 1.29 is 9.18 Å². The highest BCUT2D eigenvalue weighted by Gasteiger charge is 2.20. The Morgan fingerprint density at radius 3 is 2.61 bits per heavy atom. The first-order valence-electron chi connectivity index (χ1n) is 9.47. The minimum atomic E-state index is -0.335. The number of nitrogens with one attached hydrogen (secondary N) is 1. The largest absolute Gasteiger partial charge is 0.351 e. The summed E-state index contributed by atoms with van der Waals surface area (Å²) in [6.07, 6.45) is 0. The van der Waals surface area contributed by atoms with Gasteiger partial charge in [0.1, 0.15) is 5.82 Å². The highest BCUT2D eigenvalue weighted by atomic mass is 32.1. The van der Waals surface area contributed by atoms with Crippen molar-refractivity contribution in [2.75, 3.05) is 44.2 Å². The number of benzene rings is 2. The Bertz CT molecular complexity index is 964. The first kappa shape index (κ1) is 18.8. The highest BCUT2D eigenvalue weighted by Crippen LogP contribution is 2.30. The van der Waals surface area contributed by atoms with Crippen molar-refractivity contribution in [2.24, 2.45) is 0 Å². The molecule has 2 aromatic carbocycles. The number of nitrogens with zero attached hydrogens (tertiary/aromatic N) is 3. The Morgan fingerprint density at radius 1 is 1.14 bits per heavy atom. The van der Waals surface area contributed by atoms with Gasteiger partial charge in [0.15, 0.2) is 5.13 Å². The molecule has 4 rings (SSSR count). The molecule has 1 N–H and O–H groups in total. The zero-order chi connectivity index (χ0) is 19.5. The molecule has 0 spiro atoms. The van der Waals surface area contributed by atoms with Crippen molar-refractivity contribution in [2.45, 2.75) is 6.92 Å². The van der Waals surface area contributed by atoms with Gasteiger partial charge in [0.05, 0.1) is 10.2 Å². The number of carbonyl (C=O) groups is 1. The smallest absolute Gasteiger partial charge is 0.251 e. The van der Waals surface area contributed by atoms with Crippen molar-refractivity contribution in [3.63, 3.8) is 0 Å². The van der Waals surface area contributed by atoms with E-state index in [2.05, 4.69) is 40.2 Å². The van der Waals surface area contributed by atoms with E-state index in [1.807, 2.05) is 0 Å². The van der Waals surface area contributed by atoms with E-state index in [9.17, 15) is 9.18 Å². The number of piperazine rings is 1. The van der Waals surface area contributed by atoms with Gasteiger partial charge in [-0.25, -0.2) is 9.37 Å². The molecule has 0 saturated carbocycles. The number of para-hydroxylation sites is 1. The lowest BCUT2D eigenvalue weighted by molar-refractivity contribution is 0.0947. The van der Waals surface area contributed by atoms with Gasteiger partial charge in [0.2, 0.25) is 0 Å². The summed E-state index contributed by atoms with van der Waals surface area (Å²) in [5.41, 5.74) is 2.81. The van der Waals surface area contributed by atoms with E-state index in [4.69, 9.17) is 4.98 Å². The number of rotatable bonds is 5. The highest BCUT2D eigenvalue weighted by molar-refractivity contribution is 7.22. The van der Waals surface area contributed by atoms with Gasteiger partial charge in [0, 0.05) is 44.8 Å². The number of thiazole rings is 1. The van der Waals surface area contributed by atoms with Crippen LogP contribution in [0.25, 0.3) is 10.2 Å². The van der Waals surface area contributed by atoms with Crippen LogP contribution in [-0.2, 0) is 0 Å². The van der Waals surface area contributed by atoms with Crippen LogP contribution in [0.15, 0.2) is 42.5 Å². The van der Waals surface area contributed by atoms with Gasteiger partial charge in [-0.1, -0.05) is 23.5 Å². The lowest BCUT2D eigenvalue weighted by Gasteiger charge is -2.34. The van der Waals surface area contributed by atoms with E-state index in [1.165, 1.54) is 34.5 Å². The van der Waals surface area contributed by atoms with E-state index >= 15 is 0 Å². The number of aromatic nitrogens is 1. The van der Waals surface area contributed by atoms with E-state index in [0.717, 1.165) is 43.4 Å². The van der Waals surface area contributed by atoms with Crippen LogP contribution in [0, 0.1) is 12.7 Å². The second-order valence-electron chi connectivity index (χ2n) is 7.01. The second-order valence-corrected chi connectivity index (χ2v) is 8.02. The zero-order valence-corrected chi connectivity index (χ0v) is 16.6. The minimum absolute atomic E-state index is 0.163. The van der Waals surface area contributed by atoms with Gasteiger partial charge in [-0.15, -0.1) is 0 Å². The van der Waals surface area contributed by atoms with Crippen LogP contribution in [-0.4, -0.2) is 55.1 Å². The van der Waals surface area contributed by atoms with Crippen LogP contribution < -0.4 is 10.2 Å². The summed E-state index contributed by atoms with van der Waals surface area (Å²) in [4.78, 5) is 21.6. The van der Waals surface area contributed by atoms with Gasteiger partial charge < -0.3 is 10.2 Å². The van der Waals surface area contributed by atoms with Crippen molar-refractivity contribution in [3.05, 3.63) is 59.4 Å². The summed E-state index contributed by atoms with van der Waals surface area (Å²) in [6.45, 7) is 7.25. The van der Waals surface area contributed by atoms with Crippen molar-refractivity contribution in [3.8, 4) is 0 Å². The molecule has 1 saturated heterocycles. The molecular formula is C21H23FN4OS. The maximum Gasteiger partial charge on any atom is 0.251 e. The normalized spacial score (nSPS) is 15.1. The number of anilines is 1. The molecule has 28 heavy (non-hydrogen) atoms. The van der Waals surface area contributed by atoms with E-state index < -0.39 is 0 Å². The van der Waals surface area contributed by atoms with Gasteiger partial charge in [-0.05, 0) is 42.8 Å². The molecule has 1 aliphatic heterocycles. The monoisotopic (exact) mass is 398 g/mol. The van der Waals surface area contributed by atoms with Gasteiger partial charge in [-0.3, -0.25) is 9.69 Å².